The van der Waals surface area contributed by atoms with Crippen molar-refractivity contribution in [3.05, 3.63) is 34.1 Å². The minimum Gasteiger partial charge on any atom is -0.480 e. The zero-order valence-corrected chi connectivity index (χ0v) is 11.1. The van der Waals surface area contributed by atoms with Gasteiger partial charge in [0.25, 0.3) is 5.69 Å². The molecule has 2 N–H and O–H groups in total. The van der Waals surface area contributed by atoms with E-state index in [0.717, 1.165) is 6.07 Å². The molecule has 0 heterocycles. The number of sulfonamides is 1. The van der Waals surface area contributed by atoms with Crippen molar-refractivity contribution in [2.45, 2.75) is 24.3 Å². The van der Waals surface area contributed by atoms with Crippen LogP contribution >= 0.6 is 0 Å². The van der Waals surface area contributed by atoms with Gasteiger partial charge in [0.1, 0.15) is 11.9 Å². The third-order valence-corrected chi connectivity index (χ3v) is 3.93. The van der Waals surface area contributed by atoms with Crippen LogP contribution in [-0.4, -0.2) is 30.5 Å². The molecule has 1 atom stereocenters. The molecule has 1 rings (SSSR count). The Bertz CT molecular complexity index is 645. The molecule has 0 saturated carbocycles. The molecule has 20 heavy (non-hydrogen) atoms. The lowest BCUT2D eigenvalue weighted by Crippen LogP contribution is -2.40. The number of rotatable bonds is 6. The van der Waals surface area contributed by atoms with Gasteiger partial charge in [-0.05, 0) is 18.6 Å². The fourth-order valence-corrected chi connectivity index (χ4v) is 2.84. The first-order valence-corrected chi connectivity index (χ1v) is 6.86. The van der Waals surface area contributed by atoms with Crippen molar-refractivity contribution < 1.29 is 27.6 Å². The number of aliphatic carboxylic acids is 1. The summed E-state index contributed by atoms with van der Waals surface area (Å²) in [5.74, 6) is -2.39. The number of nitrogens with one attached hydrogen (secondary N) is 1. The van der Waals surface area contributed by atoms with E-state index in [1.165, 1.54) is 6.92 Å². The van der Waals surface area contributed by atoms with Crippen LogP contribution in [0.15, 0.2) is 23.1 Å². The van der Waals surface area contributed by atoms with Crippen LogP contribution in [0.3, 0.4) is 0 Å². The first-order chi connectivity index (χ1) is 9.19. The predicted octanol–water partition coefficient (Wildman–Crippen LogP) is 0.875. The Morgan fingerprint density at radius 1 is 1.55 bits per heavy atom. The van der Waals surface area contributed by atoms with Gasteiger partial charge >= 0.3 is 5.97 Å². The molecule has 10 heteroatoms. The van der Waals surface area contributed by atoms with Gasteiger partial charge in [0, 0.05) is 0 Å². The summed E-state index contributed by atoms with van der Waals surface area (Å²) in [5.41, 5.74) is -0.960. The summed E-state index contributed by atoms with van der Waals surface area (Å²) >= 11 is 0. The first-order valence-electron chi connectivity index (χ1n) is 5.38. The number of halogens is 1. The SMILES string of the molecule is CC[C@H](NS(=O)(=O)c1ccc(F)cc1[N+](=O)[O-])C(=O)O. The molecular weight excluding hydrogens is 295 g/mol. The standard InChI is InChI=1S/C10H11FN2O6S/c1-2-7(10(14)15)12-20(18,19)9-4-3-6(11)5-8(9)13(16)17/h3-5,7,12H,2H2,1H3,(H,14,15)/t7-/m0/s1. The van der Waals surface area contributed by atoms with Gasteiger partial charge in [-0.2, -0.15) is 4.72 Å². The number of nitro benzene ring substituents is 1. The molecule has 0 aliphatic rings. The lowest BCUT2D eigenvalue weighted by atomic mass is 10.2. The number of hydrogen-bond donors (Lipinski definition) is 2. The van der Waals surface area contributed by atoms with Crippen LogP contribution in [-0.2, 0) is 14.8 Å². The van der Waals surface area contributed by atoms with Crippen molar-refractivity contribution in [3.63, 3.8) is 0 Å². The van der Waals surface area contributed by atoms with E-state index in [1.54, 1.807) is 0 Å². The maximum atomic E-state index is 12.9. The third kappa shape index (κ3) is 3.48. The first kappa shape index (κ1) is 16.0. The Morgan fingerprint density at radius 3 is 2.60 bits per heavy atom. The molecule has 0 aliphatic carbocycles. The Hall–Kier alpha value is -2.07. The van der Waals surface area contributed by atoms with E-state index in [1.807, 2.05) is 4.72 Å². The highest BCUT2D eigenvalue weighted by Gasteiger charge is 2.30. The van der Waals surface area contributed by atoms with Gasteiger partial charge in [-0.25, -0.2) is 12.8 Å². The molecule has 0 bridgehead atoms. The molecular formula is C10H11FN2O6S. The predicted molar refractivity (Wildman–Crippen MR) is 65.1 cm³/mol. The van der Waals surface area contributed by atoms with E-state index < -0.39 is 43.4 Å². The summed E-state index contributed by atoms with van der Waals surface area (Å²) < 4.78 is 38.6. The lowest BCUT2D eigenvalue weighted by molar-refractivity contribution is -0.388. The maximum Gasteiger partial charge on any atom is 0.321 e. The van der Waals surface area contributed by atoms with E-state index in [9.17, 15) is 27.7 Å². The quantitative estimate of drug-likeness (QED) is 0.593. The summed E-state index contributed by atoms with van der Waals surface area (Å²) in [7, 11) is -4.45. The number of nitrogens with zero attached hydrogens (tertiary/aromatic N) is 1. The van der Waals surface area contributed by atoms with Gasteiger partial charge in [0.2, 0.25) is 10.0 Å². The van der Waals surface area contributed by atoms with Crippen LogP contribution < -0.4 is 4.72 Å². The summed E-state index contributed by atoms with van der Waals surface area (Å²) in [6.07, 6.45) is -0.0520. The third-order valence-electron chi connectivity index (χ3n) is 2.41. The molecule has 8 nitrogen and oxygen atoms in total. The van der Waals surface area contributed by atoms with Crippen LogP contribution in [0.4, 0.5) is 10.1 Å². The molecule has 0 fully saturated rings. The van der Waals surface area contributed by atoms with Crippen molar-refractivity contribution in [1.29, 1.82) is 0 Å². The lowest BCUT2D eigenvalue weighted by Gasteiger charge is -2.12. The molecule has 0 radical (unpaired) electrons. The van der Waals surface area contributed by atoms with Crippen molar-refractivity contribution >= 4 is 21.7 Å². The largest absolute Gasteiger partial charge is 0.480 e. The second kappa shape index (κ2) is 5.92. The van der Waals surface area contributed by atoms with E-state index >= 15 is 0 Å². The fourth-order valence-electron chi connectivity index (χ4n) is 1.42. The van der Waals surface area contributed by atoms with Gasteiger partial charge in [-0.1, -0.05) is 6.92 Å². The zero-order valence-electron chi connectivity index (χ0n) is 10.2. The van der Waals surface area contributed by atoms with Gasteiger partial charge in [0.05, 0.1) is 11.0 Å². The second-order valence-electron chi connectivity index (χ2n) is 3.79. The zero-order chi connectivity index (χ0) is 15.5. The average molecular weight is 306 g/mol. The van der Waals surface area contributed by atoms with Gasteiger partial charge in [0.15, 0.2) is 4.90 Å². The molecule has 0 aliphatic heterocycles. The monoisotopic (exact) mass is 306 g/mol. The van der Waals surface area contributed by atoms with Crippen molar-refractivity contribution in [2.24, 2.45) is 0 Å². The highest BCUT2D eigenvalue weighted by molar-refractivity contribution is 7.89. The highest BCUT2D eigenvalue weighted by atomic mass is 32.2. The van der Waals surface area contributed by atoms with E-state index in [4.69, 9.17) is 5.11 Å². The number of carboxylic acids is 1. The van der Waals surface area contributed by atoms with Crippen molar-refractivity contribution in [3.8, 4) is 0 Å². The van der Waals surface area contributed by atoms with Gasteiger partial charge < -0.3 is 5.11 Å². The summed E-state index contributed by atoms with van der Waals surface area (Å²) in [4.78, 5) is 19.7. The van der Waals surface area contributed by atoms with E-state index in [-0.39, 0.29) is 6.42 Å². The normalized spacial score (nSPS) is 12.9. The number of hydrogen-bond acceptors (Lipinski definition) is 5. The Balaban J connectivity index is 3.29. The van der Waals surface area contributed by atoms with Crippen LogP contribution in [0.2, 0.25) is 0 Å². The molecule has 0 saturated heterocycles. The minimum absolute atomic E-state index is 0.0520. The summed E-state index contributed by atoms with van der Waals surface area (Å²) in [5, 5.41) is 19.5. The Morgan fingerprint density at radius 2 is 2.15 bits per heavy atom. The van der Waals surface area contributed by atoms with Crippen LogP contribution in [0.25, 0.3) is 0 Å². The second-order valence-corrected chi connectivity index (χ2v) is 5.47. The number of benzene rings is 1. The Kier molecular flexibility index (Phi) is 4.73. The van der Waals surface area contributed by atoms with Crippen LogP contribution in [0, 0.1) is 15.9 Å². The Labute approximate surface area is 113 Å². The van der Waals surface area contributed by atoms with Crippen LogP contribution in [0.5, 0.6) is 0 Å². The molecule has 110 valence electrons. The summed E-state index contributed by atoms with van der Waals surface area (Å²) in [6.45, 7) is 1.43. The maximum absolute atomic E-state index is 12.9. The van der Waals surface area contributed by atoms with Crippen LogP contribution in [0.1, 0.15) is 13.3 Å². The highest BCUT2D eigenvalue weighted by Crippen LogP contribution is 2.24. The molecule has 0 amide bonds. The fraction of sp³-hybridized carbons (Fsp3) is 0.300. The average Bonchev–Trinajstić information content (AvgIpc) is 2.35. The molecule has 1 aromatic carbocycles. The molecule has 0 spiro atoms. The number of nitro groups is 1. The number of carbonyl (C=O) groups is 1. The summed E-state index contributed by atoms with van der Waals surface area (Å²) in [6, 6.07) is 0.480. The van der Waals surface area contributed by atoms with E-state index in [2.05, 4.69) is 0 Å². The van der Waals surface area contributed by atoms with Crippen molar-refractivity contribution in [2.75, 3.05) is 0 Å². The van der Waals surface area contributed by atoms with E-state index in [0.29, 0.717) is 12.1 Å². The topological polar surface area (TPSA) is 127 Å². The smallest absolute Gasteiger partial charge is 0.321 e. The van der Waals surface area contributed by atoms with Gasteiger partial charge in [-0.15, -0.1) is 0 Å². The van der Waals surface area contributed by atoms with Gasteiger partial charge in [-0.3, -0.25) is 14.9 Å². The van der Waals surface area contributed by atoms with Crippen molar-refractivity contribution in [1.82, 2.24) is 4.72 Å². The number of carboxylic acid groups (broad SMARTS) is 1. The molecule has 1 aromatic rings. The molecule has 0 unspecified atom stereocenters. The minimum atomic E-state index is -4.45. The molecule has 0 aromatic heterocycles.